The van der Waals surface area contributed by atoms with Crippen molar-refractivity contribution >= 4 is 34.5 Å². The van der Waals surface area contributed by atoms with Gasteiger partial charge in [0.05, 0.1) is 6.04 Å². The van der Waals surface area contributed by atoms with Gasteiger partial charge >= 0.3 is 0 Å². The lowest BCUT2D eigenvalue weighted by Gasteiger charge is -2.24. The summed E-state index contributed by atoms with van der Waals surface area (Å²) in [7, 11) is 0. The van der Waals surface area contributed by atoms with Crippen molar-refractivity contribution in [3.05, 3.63) is 36.0 Å². The predicted octanol–water partition coefficient (Wildman–Crippen LogP) is -0.586. The van der Waals surface area contributed by atoms with Gasteiger partial charge in [0.25, 0.3) is 0 Å². The highest BCUT2D eigenvalue weighted by atomic mass is 16.2. The van der Waals surface area contributed by atoms with E-state index in [4.69, 9.17) is 17.2 Å². The fraction of sp³-hybridized carbons (Fsp3) is 0.429. The summed E-state index contributed by atoms with van der Waals surface area (Å²) in [6, 6.07) is 4.64. The van der Waals surface area contributed by atoms with Gasteiger partial charge in [-0.05, 0) is 24.0 Å². The van der Waals surface area contributed by atoms with Crippen LogP contribution in [-0.4, -0.2) is 46.7 Å². The van der Waals surface area contributed by atoms with Gasteiger partial charge in [0, 0.05) is 29.9 Å². The third kappa shape index (κ3) is 6.54. The molecule has 0 radical (unpaired) electrons. The largest absolute Gasteiger partial charge is 0.370 e. The minimum absolute atomic E-state index is 0.0506. The zero-order valence-electron chi connectivity index (χ0n) is 17.7. The Hall–Kier alpha value is -3.40. The van der Waals surface area contributed by atoms with Gasteiger partial charge in [-0.2, -0.15) is 0 Å². The molecule has 31 heavy (non-hydrogen) atoms. The number of hydrogen-bond acceptors (Lipinski definition) is 5. The SMILES string of the molecule is CC(C)[C@@H](NC(=O)[C@@H](Cc1c[nH]c2ccccc12)NC(=O)[C@H](N)CCC(N)=O)C(N)=O. The number of H-pyrrole nitrogens is 1. The van der Waals surface area contributed by atoms with Crippen LogP contribution in [0.5, 0.6) is 0 Å². The second-order valence-corrected chi connectivity index (χ2v) is 7.87. The third-order valence-corrected chi connectivity index (χ3v) is 5.04. The van der Waals surface area contributed by atoms with Crippen molar-refractivity contribution in [1.82, 2.24) is 15.6 Å². The van der Waals surface area contributed by atoms with Gasteiger partial charge in [-0.3, -0.25) is 19.2 Å². The lowest BCUT2D eigenvalue weighted by atomic mass is 10.0. The Balaban J connectivity index is 2.23. The van der Waals surface area contributed by atoms with Gasteiger partial charge in [-0.25, -0.2) is 0 Å². The van der Waals surface area contributed by atoms with Gasteiger partial charge in [0.2, 0.25) is 23.6 Å². The maximum Gasteiger partial charge on any atom is 0.243 e. The number of rotatable bonds is 11. The number of fused-ring (bicyclic) bond motifs is 1. The number of aromatic nitrogens is 1. The number of para-hydroxylation sites is 1. The maximum absolute atomic E-state index is 13.0. The topological polar surface area (TPSA) is 186 Å². The summed E-state index contributed by atoms with van der Waals surface area (Å²) in [4.78, 5) is 51.3. The number of carbonyl (C=O) groups is 4. The number of nitrogens with two attached hydrogens (primary N) is 3. The molecule has 4 amide bonds. The first kappa shape index (κ1) is 23.9. The monoisotopic (exact) mass is 430 g/mol. The zero-order valence-corrected chi connectivity index (χ0v) is 17.7. The maximum atomic E-state index is 13.0. The highest BCUT2D eigenvalue weighted by molar-refractivity contribution is 5.93. The first-order valence-electron chi connectivity index (χ1n) is 10.1. The molecule has 2 rings (SSSR count). The summed E-state index contributed by atoms with van der Waals surface area (Å²) in [5.74, 6) is -2.63. The van der Waals surface area contributed by atoms with Gasteiger partial charge in [-0.1, -0.05) is 32.0 Å². The van der Waals surface area contributed by atoms with E-state index in [9.17, 15) is 19.2 Å². The van der Waals surface area contributed by atoms with E-state index in [2.05, 4.69) is 15.6 Å². The minimum atomic E-state index is -1.01. The molecule has 0 saturated carbocycles. The smallest absolute Gasteiger partial charge is 0.243 e. The van der Waals surface area contributed by atoms with Crippen molar-refractivity contribution in [2.75, 3.05) is 0 Å². The molecule has 9 N–H and O–H groups in total. The molecule has 0 unspecified atom stereocenters. The summed E-state index contributed by atoms with van der Waals surface area (Å²) in [5, 5.41) is 6.16. The number of benzene rings is 1. The quantitative estimate of drug-likeness (QED) is 0.278. The van der Waals surface area contributed by atoms with Crippen LogP contribution >= 0.6 is 0 Å². The molecule has 168 valence electrons. The summed E-state index contributed by atoms with van der Waals surface area (Å²) in [6.07, 6.45) is 1.93. The summed E-state index contributed by atoms with van der Waals surface area (Å²) < 4.78 is 0. The molecule has 1 aromatic carbocycles. The molecule has 10 nitrogen and oxygen atoms in total. The van der Waals surface area contributed by atoms with Gasteiger partial charge in [-0.15, -0.1) is 0 Å². The molecule has 2 aromatic rings. The number of hydrogen-bond donors (Lipinski definition) is 6. The molecular weight excluding hydrogens is 400 g/mol. The number of carbonyl (C=O) groups excluding carboxylic acids is 4. The second kappa shape index (κ2) is 10.6. The third-order valence-electron chi connectivity index (χ3n) is 5.04. The normalized spacial score (nSPS) is 14.1. The van der Waals surface area contributed by atoms with E-state index < -0.39 is 41.8 Å². The van der Waals surface area contributed by atoms with Crippen LogP contribution in [0.2, 0.25) is 0 Å². The molecular formula is C21H30N6O4. The van der Waals surface area contributed by atoms with E-state index in [1.54, 1.807) is 20.0 Å². The van der Waals surface area contributed by atoms with Crippen LogP contribution in [0.15, 0.2) is 30.5 Å². The molecule has 0 spiro atoms. The van der Waals surface area contributed by atoms with Crippen molar-refractivity contribution < 1.29 is 19.2 Å². The molecule has 0 fully saturated rings. The van der Waals surface area contributed by atoms with E-state index in [-0.39, 0.29) is 25.2 Å². The standard InChI is InChI=1S/C21H30N6O4/c1-11(2)18(19(24)29)27-21(31)16(26-20(30)14(22)7-8-17(23)28)9-12-10-25-15-6-4-3-5-13(12)15/h3-6,10-11,14,16,18,25H,7-9,22H2,1-2H3,(H2,23,28)(H2,24,29)(H,26,30)(H,27,31)/t14-,16-,18-/m1/s1. The van der Waals surface area contributed by atoms with Crippen LogP contribution < -0.4 is 27.8 Å². The van der Waals surface area contributed by atoms with Crippen molar-refractivity contribution in [3.63, 3.8) is 0 Å². The number of aromatic amines is 1. The summed E-state index contributed by atoms with van der Waals surface area (Å²) in [6.45, 7) is 3.51. The van der Waals surface area contributed by atoms with E-state index >= 15 is 0 Å². The summed E-state index contributed by atoms with van der Waals surface area (Å²) in [5.41, 5.74) is 18.1. The fourth-order valence-electron chi connectivity index (χ4n) is 3.26. The molecule has 0 aliphatic heterocycles. The molecule has 1 aromatic heterocycles. The Morgan fingerprint density at radius 1 is 1.03 bits per heavy atom. The van der Waals surface area contributed by atoms with Crippen LogP contribution in [0.25, 0.3) is 10.9 Å². The minimum Gasteiger partial charge on any atom is -0.370 e. The Morgan fingerprint density at radius 3 is 2.32 bits per heavy atom. The Labute approximate surface area is 180 Å². The van der Waals surface area contributed by atoms with Crippen LogP contribution in [0, 0.1) is 5.92 Å². The molecule has 0 bridgehead atoms. The van der Waals surface area contributed by atoms with Crippen molar-refractivity contribution in [1.29, 1.82) is 0 Å². The van der Waals surface area contributed by atoms with Gasteiger partial charge < -0.3 is 32.8 Å². The zero-order chi connectivity index (χ0) is 23.1. The molecule has 0 saturated heterocycles. The first-order chi connectivity index (χ1) is 14.6. The van der Waals surface area contributed by atoms with E-state index in [1.165, 1.54) is 0 Å². The van der Waals surface area contributed by atoms with Gasteiger partial charge in [0.1, 0.15) is 12.1 Å². The summed E-state index contributed by atoms with van der Waals surface area (Å²) >= 11 is 0. The predicted molar refractivity (Wildman–Crippen MR) is 116 cm³/mol. The molecule has 0 aliphatic rings. The Bertz CT molecular complexity index is 954. The van der Waals surface area contributed by atoms with Crippen LogP contribution in [-0.2, 0) is 25.6 Å². The number of amides is 4. The molecule has 0 aliphatic carbocycles. The van der Waals surface area contributed by atoms with E-state index in [0.717, 1.165) is 16.5 Å². The number of primary amides is 2. The second-order valence-electron chi connectivity index (χ2n) is 7.87. The van der Waals surface area contributed by atoms with Crippen molar-refractivity contribution in [2.24, 2.45) is 23.1 Å². The lowest BCUT2D eigenvalue weighted by molar-refractivity contribution is -0.132. The molecule has 1 heterocycles. The lowest BCUT2D eigenvalue weighted by Crippen LogP contribution is -2.57. The molecule has 3 atom stereocenters. The van der Waals surface area contributed by atoms with Crippen LogP contribution in [0.4, 0.5) is 0 Å². The first-order valence-corrected chi connectivity index (χ1v) is 10.1. The highest BCUT2D eigenvalue weighted by Gasteiger charge is 2.29. The fourth-order valence-corrected chi connectivity index (χ4v) is 3.26. The highest BCUT2D eigenvalue weighted by Crippen LogP contribution is 2.19. The Kier molecular flexibility index (Phi) is 8.14. The molecule has 10 heteroatoms. The van der Waals surface area contributed by atoms with Crippen molar-refractivity contribution in [3.8, 4) is 0 Å². The van der Waals surface area contributed by atoms with Gasteiger partial charge in [0.15, 0.2) is 0 Å². The van der Waals surface area contributed by atoms with E-state index in [0.29, 0.717) is 0 Å². The average Bonchev–Trinajstić information content (AvgIpc) is 3.11. The average molecular weight is 431 g/mol. The van der Waals surface area contributed by atoms with Crippen LogP contribution in [0.3, 0.4) is 0 Å². The van der Waals surface area contributed by atoms with E-state index in [1.807, 2.05) is 24.3 Å². The van der Waals surface area contributed by atoms with Crippen molar-refractivity contribution in [2.45, 2.75) is 51.2 Å². The Morgan fingerprint density at radius 2 is 1.71 bits per heavy atom. The van der Waals surface area contributed by atoms with Crippen LogP contribution in [0.1, 0.15) is 32.3 Å². The number of nitrogens with one attached hydrogen (secondary N) is 3.